The third-order valence-corrected chi connectivity index (χ3v) is 4.80. The lowest BCUT2D eigenvalue weighted by Crippen LogP contribution is -2.44. The average Bonchev–Trinajstić information content (AvgIpc) is 3.26. The lowest BCUT2D eigenvalue weighted by Gasteiger charge is -2.15. The van der Waals surface area contributed by atoms with Crippen molar-refractivity contribution in [3.05, 3.63) is 69.7 Å². The molecule has 1 saturated carbocycles. The first-order chi connectivity index (χ1) is 10.9. The molecule has 2 N–H and O–H groups in total. The number of carbonyl (C=O) groups is 2. The van der Waals surface area contributed by atoms with Gasteiger partial charge >= 0.3 is 5.97 Å². The molecule has 0 aliphatic heterocycles. The molecule has 0 aromatic heterocycles. The van der Waals surface area contributed by atoms with Gasteiger partial charge in [-0.3, -0.25) is 4.79 Å². The molecule has 2 atom stereocenters. The van der Waals surface area contributed by atoms with E-state index >= 15 is 0 Å². The second-order valence-corrected chi connectivity index (χ2v) is 6.34. The summed E-state index contributed by atoms with van der Waals surface area (Å²) in [6.07, 6.45) is 0.361. The van der Waals surface area contributed by atoms with Crippen LogP contribution in [0.15, 0.2) is 48.5 Å². The number of carbonyl (C=O) groups excluding carboxylic acids is 1. The van der Waals surface area contributed by atoms with E-state index in [4.69, 9.17) is 23.2 Å². The van der Waals surface area contributed by atoms with Crippen LogP contribution in [0.4, 0.5) is 0 Å². The van der Waals surface area contributed by atoms with Crippen LogP contribution < -0.4 is 5.32 Å². The smallest absolute Gasteiger partial charge is 0.330 e. The summed E-state index contributed by atoms with van der Waals surface area (Å²) in [6, 6.07) is 13.7. The van der Waals surface area contributed by atoms with Gasteiger partial charge in [0.1, 0.15) is 5.54 Å². The molecule has 4 nitrogen and oxygen atoms in total. The Labute approximate surface area is 143 Å². The number of rotatable bonds is 4. The fraction of sp³-hybridized carbons (Fsp3) is 0.176. The summed E-state index contributed by atoms with van der Waals surface area (Å²) in [5, 5.41) is 12.8. The Balaban J connectivity index is 1.83. The molecule has 0 heterocycles. The molecular formula is C17H13Cl2NO3. The van der Waals surface area contributed by atoms with Crippen LogP contribution in [0.2, 0.25) is 10.0 Å². The quantitative estimate of drug-likeness (QED) is 0.883. The maximum absolute atomic E-state index is 12.4. The first kappa shape index (κ1) is 15.8. The molecular weight excluding hydrogens is 337 g/mol. The van der Waals surface area contributed by atoms with Crippen LogP contribution >= 0.6 is 23.2 Å². The van der Waals surface area contributed by atoms with Gasteiger partial charge in [-0.1, -0.05) is 53.5 Å². The highest BCUT2D eigenvalue weighted by molar-refractivity contribution is 6.42. The van der Waals surface area contributed by atoms with Crippen LogP contribution in [-0.2, 0) is 4.79 Å². The van der Waals surface area contributed by atoms with E-state index in [0.29, 0.717) is 11.4 Å². The zero-order valence-electron chi connectivity index (χ0n) is 11.9. The Morgan fingerprint density at radius 1 is 1.09 bits per heavy atom. The predicted octanol–water partition coefficient (Wildman–Crippen LogP) is 3.73. The number of hydrogen-bond donors (Lipinski definition) is 2. The van der Waals surface area contributed by atoms with Crippen molar-refractivity contribution in [3.63, 3.8) is 0 Å². The molecule has 6 heteroatoms. The maximum atomic E-state index is 12.4. The minimum atomic E-state index is -1.27. The Kier molecular flexibility index (Phi) is 4.04. The molecule has 0 spiro atoms. The van der Waals surface area contributed by atoms with Crippen molar-refractivity contribution in [2.75, 3.05) is 0 Å². The summed E-state index contributed by atoms with van der Waals surface area (Å²) < 4.78 is 0. The van der Waals surface area contributed by atoms with E-state index < -0.39 is 17.4 Å². The van der Waals surface area contributed by atoms with Crippen molar-refractivity contribution < 1.29 is 14.7 Å². The number of nitrogens with one attached hydrogen (secondary N) is 1. The second kappa shape index (κ2) is 5.87. The van der Waals surface area contributed by atoms with Crippen LogP contribution in [0.25, 0.3) is 0 Å². The number of benzene rings is 2. The van der Waals surface area contributed by atoms with Crippen molar-refractivity contribution >= 4 is 35.1 Å². The van der Waals surface area contributed by atoms with Crippen LogP contribution in [0, 0.1) is 0 Å². The first-order valence-electron chi connectivity index (χ1n) is 7.00. The van der Waals surface area contributed by atoms with Gasteiger partial charge in [-0.2, -0.15) is 0 Å². The molecule has 0 saturated heterocycles. The van der Waals surface area contributed by atoms with Crippen LogP contribution in [0.3, 0.4) is 0 Å². The molecule has 3 rings (SSSR count). The molecule has 2 aromatic carbocycles. The Morgan fingerprint density at radius 2 is 1.78 bits per heavy atom. The van der Waals surface area contributed by atoms with E-state index in [2.05, 4.69) is 5.32 Å². The van der Waals surface area contributed by atoms with Crippen molar-refractivity contribution in [2.24, 2.45) is 0 Å². The number of amides is 1. The molecule has 0 radical (unpaired) electrons. The van der Waals surface area contributed by atoms with E-state index in [1.807, 2.05) is 30.3 Å². The van der Waals surface area contributed by atoms with Gasteiger partial charge in [0.15, 0.2) is 0 Å². The maximum Gasteiger partial charge on any atom is 0.330 e. The van der Waals surface area contributed by atoms with Crippen LogP contribution in [0.1, 0.15) is 28.3 Å². The normalized spacial score (nSPS) is 22.4. The van der Waals surface area contributed by atoms with Crippen molar-refractivity contribution in [1.29, 1.82) is 0 Å². The number of carboxylic acid groups (broad SMARTS) is 1. The summed E-state index contributed by atoms with van der Waals surface area (Å²) in [6.45, 7) is 0. The summed E-state index contributed by atoms with van der Waals surface area (Å²) in [5.74, 6) is -1.77. The summed E-state index contributed by atoms with van der Waals surface area (Å²) in [5.41, 5.74) is -0.104. The SMILES string of the molecule is O=C(NC1(C(=O)O)CC1c1ccccc1)c1ccc(Cl)c(Cl)c1. The molecule has 1 amide bonds. The summed E-state index contributed by atoms with van der Waals surface area (Å²) in [7, 11) is 0. The van der Waals surface area contributed by atoms with Gasteiger partial charge in [0.05, 0.1) is 10.0 Å². The van der Waals surface area contributed by atoms with Gasteiger partial charge < -0.3 is 10.4 Å². The molecule has 23 heavy (non-hydrogen) atoms. The Hall–Kier alpha value is -2.04. The number of aliphatic carboxylic acids is 1. The van der Waals surface area contributed by atoms with Crippen molar-refractivity contribution in [3.8, 4) is 0 Å². The number of hydrogen-bond acceptors (Lipinski definition) is 2. The summed E-state index contributed by atoms with van der Waals surface area (Å²) >= 11 is 11.7. The summed E-state index contributed by atoms with van der Waals surface area (Å²) in [4.78, 5) is 24.1. The lowest BCUT2D eigenvalue weighted by atomic mass is 10.1. The van der Waals surface area contributed by atoms with Gasteiger partial charge in [0.25, 0.3) is 5.91 Å². The first-order valence-corrected chi connectivity index (χ1v) is 7.75. The van der Waals surface area contributed by atoms with E-state index in [1.54, 1.807) is 0 Å². The topological polar surface area (TPSA) is 66.4 Å². The van der Waals surface area contributed by atoms with E-state index in [9.17, 15) is 14.7 Å². The predicted molar refractivity (Wildman–Crippen MR) is 88.1 cm³/mol. The molecule has 2 unspecified atom stereocenters. The monoisotopic (exact) mass is 349 g/mol. The van der Waals surface area contributed by atoms with Crippen molar-refractivity contribution in [1.82, 2.24) is 5.32 Å². The van der Waals surface area contributed by atoms with Crippen LogP contribution in [0.5, 0.6) is 0 Å². The van der Waals surface area contributed by atoms with Gasteiger partial charge in [0.2, 0.25) is 0 Å². The van der Waals surface area contributed by atoms with E-state index in [0.717, 1.165) is 5.56 Å². The van der Waals surface area contributed by atoms with E-state index in [1.165, 1.54) is 18.2 Å². The zero-order valence-corrected chi connectivity index (χ0v) is 13.4. The fourth-order valence-electron chi connectivity index (χ4n) is 2.69. The van der Waals surface area contributed by atoms with Crippen molar-refractivity contribution in [2.45, 2.75) is 17.9 Å². The highest BCUT2D eigenvalue weighted by atomic mass is 35.5. The third kappa shape index (κ3) is 2.92. The lowest BCUT2D eigenvalue weighted by molar-refractivity contribution is -0.140. The molecule has 1 aliphatic rings. The van der Waals surface area contributed by atoms with E-state index in [-0.39, 0.29) is 16.5 Å². The number of halogens is 2. The number of carboxylic acids is 1. The molecule has 1 aliphatic carbocycles. The highest BCUT2D eigenvalue weighted by Crippen LogP contribution is 2.51. The van der Waals surface area contributed by atoms with Gasteiger partial charge in [-0.05, 0) is 30.2 Å². The molecule has 118 valence electrons. The minimum Gasteiger partial charge on any atom is -0.479 e. The van der Waals surface area contributed by atoms with Gasteiger partial charge in [-0.25, -0.2) is 4.79 Å². The second-order valence-electron chi connectivity index (χ2n) is 5.53. The molecule has 2 aromatic rings. The Morgan fingerprint density at radius 3 is 2.39 bits per heavy atom. The fourth-order valence-corrected chi connectivity index (χ4v) is 2.99. The van der Waals surface area contributed by atoms with Crippen LogP contribution in [-0.4, -0.2) is 22.5 Å². The minimum absolute atomic E-state index is 0.243. The van der Waals surface area contributed by atoms with Gasteiger partial charge in [-0.15, -0.1) is 0 Å². The Bertz CT molecular complexity index is 779. The standard InChI is InChI=1S/C17H13Cl2NO3/c18-13-7-6-11(8-14(13)19)15(21)20-17(16(22)23)9-12(17)10-4-2-1-3-5-10/h1-8,12H,9H2,(H,20,21)(H,22,23). The highest BCUT2D eigenvalue weighted by Gasteiger charge is 2.62. The molecule has 0 bridgehead atoms. The largest absolute Gasteiger partial charge is 0.479 e. The molecule has 1 fully saturated rings. The third-order valence-electron chi connectivity index (χ3n) is 4.06. The zero-order chi connectivity index (χ0) is 16.6. The average molecular weight is 350 g/mol. The van der Waals surface area contributed by atoms with Gasteiger partial charge in [0, 0.05) is 11.5 Å².